The van der Waals surface area contributed by atoms with Crippen LogP contribution in [0.25, 0.3) is 12.2 Å². The van der Waals surface area contributed by atoms with Gasteiger partial charge in [-0.2, -0.15) is 0 Å². The average molecular weight is 492 g/mol. The van der Waals surface area contributed by atoms with E-state index in [2.05, 4.69) is 10.6 Å². The van der Waals surface area contributed by atoms with E-state index in [1.807, 2.05) is 18.2 Å². The molecule has 9 nitrogen and oxygen atoms in total. The first kappa shape index (κ1) is 25.0. The van der Waals surface area contributed by atoms with Crippen LogP contribution in [0.15, 0.2) is 42.5 Å². The van der Waals surface area contributed by atoms with Crippen molar-refractivity contribution in [1.82, 2.24) is 10.2 Å². The Morgan fingerprint density at radius 2 is 1.75 bits per heavy atom. The molecule has 4 N–H and O–H groups in total. The number of aromatic hydroxyl groups is 1. The third-order valence-corrected chi connectivity index (χ3v) is 6.39. The van der Waals surface area contributed by atoms with Gasteiger partial charge in [0.05, 0.1) is 17.7 Å². The smallest absolute Gasteiger partial charge is 0.303 e. The summed E-state index contributed by atoms with van der Waals surface area (Å²) in [4.78, 5) is 51.4. The Balaban J connectivity index is 1.47. The topological polar surface area (TPSA) is 136 Å². The van der Waals surface area contributed by atoms with Crippen LogP contribution in [0.5, 0.6) is 5.75 Å². The van der Waals surface area contributed by atoms with Gasteiger partial charge < -0.3 is 25.7 Å². The van der Waals surface area contributed by atoms with Crippen molar-refractivity contribution in [3.05, 3.63) is 59.2 Å². The van der Waals surface area contributed by atoms with Crippen LogP contribution in [0, 0.1) is 5.41 Å². The number of hydrogen-bond acceptors (Lipinski definition) is 5. The maximum atomic E-state index is 13.4. The molecule has 36 heavy (non-hydrogen) atoms. The number of amides is 3. The molecule has 188 valence electrons. The molecular weight excluding hydrogens is 462 g/mol. The molecule has 3 amide bonds. The molecule has 0 aliphatic carbocycles. The van der Waals surface area contributed by atoms with Gasteiger partial charge >= 0.3 is 5.97 Å². The number of carboxylic acid groups (broad SMARTS) is 1. The number of rotatable bonds is 7. The minimum Gasteiger partial charge on any atom is -0.508 e. The largest absolute Gasteiger partial charge is 0.508 e. The fourth-order valence-electron chi connectivity index (χ4n) is 4.70. The maximum absolute atomic E-state index is 13.4. The third kappa shape index (κ3) is 5.73. The number of phenols is 1. The number of carboxylic acids is 1. The van der Waals surface area contributed by atoms with Crippen molar-refractivity contribution in [2.75, 3.05) is 11.9 Å². The highest BCUT2D eigenvalue weighted by Gasteiger charge is 2.43. The van der Waals surface area contributed by atoms with Gasteiger partial charge in [-0.3, -0.25) is 19.2 Å². The Morgan fingerprint density at radius 3 is 2.44 bits per heavy atom. The van der Waals surface area contributed by atoms with Gasteiger partial charge in [0.25, 0.3) is 5.91 Å². The highest BCUT2D eigenvalue weighted by molar-refractivity contribution is 6.10. The molecule has 1 fully saturated rings. The molecular formula is C27H29N3O6. The Kier molecular flexibility index (Phi) is 6.83. The van der Waals surface area contributed by atoms with Crippen molar-refractivity contribution < 1.29 is 29.4 Å². The van der Waals surface area contributed by atoms with E-state index in [-0.39, 0.29) is 49.3 Å². The van der Waals surface area contributed by atoms with Crippen LogP contribution in [0.3, 0.4) is 0 Å². The molecule has 0 radical (unpaired) electrons. The molecule has 2 atom stereocenters. The number of nitrogens with one attached hydrogen (secondary N) is 2. The summed E-state index contributed by atoms with van der Waals surface area (Å²) in [6.45, 7) is 3.61. The fourth-order valence-corrected chi connectivity index (χ4v) is 4.70. The monoisotopic (exact) mass is 491 g/mol. The van der Waals surface area contributed by atoms with E-state index in [4.69, 9.17) is 5.11 Å². The van der Waals surface area contributed by atoms with E-state index >= 15 is 0 Å². The van der Waals surface area contributed by atoms with Crippen LogP contribution in [-0.2, 0) is 14.4 Å². The summed E-state index contributed by atoms with van der Waals surface area (Å²) in [6, 6.07) is 10.8. The second kappa shape index (κ2) is 9.85. The van der Waals surface area contributed by atoms with Gasteiger partial charge in [0.15, 0.2) is 0 Å². The number of fused-ring (bicyclic) bond motifs is 2. The maximum Gasteiger partial charge on any atom is 0.303 e. The van der Waals surface area contributed by atoms with Crippen molar-refractivity contribution in [2.45, 2.75) is 45.2 Å². The van der Waals surface area contributed by atoms with Crippen LogP contribution in [-0.4, -0.2) is 57.4 Å². The second-order valence-corrected chi connectivity index (χ2v) is 10.1. The van der Waals surface area contributed by atoms with Gasteiger partial charge in [0, 0.05) is 19.0 Å². The minimum atomic E-state index is -0.972. The zero-order chi connectivity index (χ0) is 26.0. The molecule has 2 aromatic carbocycles. The summed E-state index contributed by atoms with van der Waals surface area (Å²) in [5.74, 6) is -1.70. The van der Waals surface area contributed by atoms with Gasteiger partial charge in [0.2, 0.25) is 11.8 Å². The van der Waals surface area contributed by atoms with Crippen LogP contribution in [0.2, 0.25) is 0 Å². The quantitative estimate of drug-likeness (QED) is 0.440. The lowest BCUT2D eigenvalue weighted by Gasteiger charge is -2.23. The summed E-state index contributed by atoms with van der Waals surface area (Å²) < 4.78 is 0. The summed E-state index contributed by atoms with van der Waals surface area (Å²) >= 11 is 0. The highest BCUT2D eigenvalue weighted by atomic mass is 16.4. The van der Waals surface area contributed by atoms with Crippen LogP contribution >= 0.6 is 0 Å². The summed E-state index contributed by atoms with van der Waals surface area (Å²) in [5.41, 5.74) is 1.75. The number of carbonyl (C=O) groups is 4. The molecule has 9 heteroatoms. The van der Waals surface area contributed by atoms with E-state index in [1.54, 1.807) is 50.2 Å². The van der Waals surface area contributed by atoms with Crippen molar-refractivity contribution >= 4 is 41.5 Å². The van der Waals surface area contributed by atoms with Crippen molar-refractivity contribution in [2.24, 2.45) is 5.41 Å². The van der Waals surface area contributed by atoms with Crippen molar-refractivity contribution in [1.29, 1.82) is 0 Å². The third-order valence-electron chi connectivity index (χ3n) is 6.39. The first-order valence-electron chi connectivity index (χ1n) is 11.7. The van der Waals surface area contributed by atoms with Gasteiger partial charge in [-0.15, -0.1) is 0 Å². The number of nitrogens with zero attached hydrogens (tertiary/aromatic N) is 1. The number of anilines is 1. The summed E-state index contributed by atoms with van der Waals surface area (Å²) in [6.07, 6.45) is 3.87. The minimum absolute atomic E-state index is 0.0279. The Morgan fingerprint density at radius 1 is 1.08 bits per heavy atom. The Labute approximate surface area is 208 Å². The number of phenolic OH excluding ortho intramolecular Hbond substituents is 1. The Bertz CT molecular complexity index is 1230. The summed E-state index contributed by atoms with van der Waals surface area (Å²) in [7, 11) is 0. The van der Waals surface area contributed by atoms with E-state index in [0.717, 1.165) is 11.1 Å². The van der Waals surface area contributed by atoms with E-state index in [0.29, 0.717) is 11.3 Å². The lowest BCUT2D eigenvalue weighted by Crippen LogP contribution is -2.41. The van der Waals surface area contributed by atoms with Gasteiger partial charge in [-0.05, 0) is 47.2 Å². The lowest BCUT2D eigenvalue weighted by molar-refractivity contribution is -0.139. The molecule has 0 aromatic heterocycles. The molecule has 0 spiro atoms. The van der Waals surface area contributed by atoms with Crippen molar-refractivity contribution in [3.63, 3.8) is 0 Å². The molecule has 1 saturated heterocycles. The highest BCUT2D eigenvalue weighted by Crippen LogP contribution is 2.31. The molecule has 0 saturated carbocycles. The number of carbonyl (C=O) groups excluding carboxylic acids is 3. The molecule has 2 heterocycles. The van der Waals surface area contributed by atoms with Gasteiger partial charge in [-0.1, -0.05) is 44.2 Å². The zero-order valence-corrected chi connectivity index (χ0v) is 20.2. The molecule has 2 aromatic rings. The van der Waals surface area contributed by atoms with Gasteiger partial charge in [0.1, 0.15) is 11.8 Å². The fraction of sp³-hybridized carbons (Fsp3) is 0.333. The first-order valence-corrected chi connectivity index (χ1v) is 11.7. The van der Waals surface area contributed by atoms with Crippen LogP contribution in [0.1, 0.15) is 54.6 Å². The number of aliphatic carboxylic acids is 1. The first-order chi connectivity index (χ1) is 17.0. The Hall–Kier alpha value is -4.14. The van der Waals surface area contributed by atoms with E-state index < -0.39 is 23.5 Å². The zero-order valence-electron chi connectivity index (χ0n) is 20.2. The van der Waals surface area contributed by atoms with Crippen LogP contribution in [0.4, 0.5) is 5.69 Å². The van der Waals surface area contributed by atoms with Crippen molar-refractivity contribution in [3.8, 4) is 5.75 Å². The standard InChI is InChI=1S/C27H29N3O6/c1-27(2,14-24(33)34)13-23(32)28-18-12-22-25(35)29-21-10-7-17(11-20(21)26(36)30(22)15-18)4-3-16-5-8-19(31)9-6-16/h3-11,18,22,31H,12-15H2,1-2H3,(H,28,32)(H,29,35)(H,33,34). The van der Waals surface area contributed by atoms with Crippen LogP contribution < -0.4 is 10.6 Å². The predicted octanol–water partition coefficient (Wildman–Crippen LogP) is 3.11. The number of benzene rings is 2. The lowest BCUT2D eigenvalue weighted by atomic mass is 9.85. The van der Waals surface area contributed by atoms with E-state index in [1.165, 1.54) is 4.90 Å². The number of hydrogen-bond donors (Lipinski definition) is 4. The summed E-state index contributed by atoms with van der Waals surface area (Å²) in [5, 5.41) is 24.2. The second-order valence-electron chi connectivity index (χ2n) is 10.1. The van der Waals surface area contributed by atoms with E-state index in [9.17, 15) is 24.3 Å². The normalized spacial score (nSPS) is 19.4. The predicted molar refractivity (Wildman–Crippen MR) is 134 cm³/mol. The molecule has 2 aliphatic heterocycles. The molecule has 2 aliphatic rings. The molecule has 2 unspecified atom stereocenters. The average Bonchev–Trinajstić information content (AvgIpc) is 3.17. The SMILES string of the molecule is CC(C)(CC(=O)O)CC(=O)NC1CC2C(=O)Nc3ccc(C=Cc4ccc(O)cc4)cc3C(=O)N2C1. The molecule has 4 rings (SSSR count). The van der Waals surface area contributed by atoms with Gasteiger partial charge in [-0.25, -0.2) is 0 Å². The molecule has 0 bridgehead atoms.